The minimum absolute atomic E-state index is 0.144. The summed E-state index contributed by atoms with van der Waals surface area (Å²) in [6, 6.07) is 0. The SMILES string of the molecule is CC(=O)OCC1=C(C(=O)O)N2C(=O)C(=C3CCCC3)[C@H]2SC1N. The van der Waals surface area contributed by atoms with E-state index in [1.54, 1.807) is 0 Å². The first-order chi connectivity index (χ1) is 10.9. The highest BCUT2D eigenvalue weighted by atomic mass is 32.2. The molecule has 1 saturated carbocycles. The van der Waals surface area contributed by atoms with Gasteiger partial charge in [0.15, 0.2) is 0 Å². The number of nitrogens with two attached hydrogens (primary N) is 1. The number of fused-ring (bicyclic) bond motifs is 1. The third-order valence-corrected chi connectivity index (χ3v) is 5.60. The van der Waals surface area contributed by atoms with Gasteiger partial charge in [-0.2, -0.15) is 0 Å². The fourth-order valence-electron chi connectivity index (χ4n) is 3.23. The zero-order chi connectivity index (χ0) is 16.7. The van der Waals surface area contributed by atoms with Crippen LogP contribution in [0.25, 0.3) is 0 Å². The van der Waals surface area contributed by atoms with Crippen LogP contribution in [-0.2, 0) is 19.1 Å². The number of rotatable bonds is 3. The van der Waals surface area contributed by atoms with E-state index in [2.05, 4.69) is 0 Å². The molecule has 0 aromatic heterocycles. The number of ether oxygens (including phenoxy) is 1. The number of carboxylic acid groups (broad SMARTS) is 1. The lowest BCUT2D eigenvalue weighted by atomic mass is 9.95. The average Bonchev–Trinajstić information content (AvgIpc) is 2.98. The van der Waals surface area contributed by atoms with Crippen molar-refractivity contribution in [3.63, 3.8) is 0 Å². The van der Waals surface area contributed by atoms with Crippen molar-refractivity contribution in [3.8, 4) is 0 Å². The molecule has 2 atom stereocenters. The van der Waals surface area contributed by atoms with E-state index >= 15 is 0 Å². The number of allylic oxidation sites excluding steroid dienone is 1. The molecule has 0 bridgehead atoms. The predicted molar refractivity (Wildman–Crippen MR) is 83.0 cm³/mol. The lowest BCUT2D eigenvalue weighted by Crippen LogP contribution is -2.59. The van der Waals surface area contributed by atoms with E-state index < -0.39 is 17.3 Å². The van der Waals surface area contributed by atoms with Crippen LogP contribution in [0.1, 0.15) is 32.6 Å². The lowest BCUT2D eigenvalue weighted by Gasteiger charge is -2.48. The molecule has 0 radical (unpaired) electrons. The fourth-order valence-corrected chi connectivity index (χ4v) is 4.58. The molecule has 23 heavy (non-hydrogen) atoms. The van der Waals surface area contributed by atoms with Gasteiger partial charge in [0.05, 0.1) is 5.37 Å². The molecule has 2 heterocycles. The van der Waals surface area contributed by atoms with Crippen LogP contribution < -0.4 is 5.73 Å². The van der Waals surface area contributed by atoms with Gasteiger partial charge in [-0.3, -0.25) is 14.5 Å². The molecule has 124 valence electrons. The second kappa shape index (κ2) is 6.01. The van der Waals surface area contributed by atoms with Gasteiger partial charge < -0.3 is 15.6 Å². The zero-order valence-electron chi connectivity index (χ0n) is 12.7. The summed E-state index contributed by atoms with van der Waals surface area (Å²) in [6.45, 7) is 1.02. The first-order valence-electron chi connectivity index (χ1n) is 7.48. The number of carbonyl (C=O) groups is 3. The Labute approximate surface area is 137 Å². The van der Waals surface area contributed by atoms with Gasteiger partial charge >= 0.3 is 11.9 Å². The van der Waals surface area contributed by atoms with Crippen molar-refractivity contribution >= 4 is 29.6 Å². The largest absolute Gasteiger partial charge is 0.477 e. The van der Waals surface area contributed by atoms with Crippen LogP contribution in [0.5, 0.6) is 0 Å². The number of amides is 1. The Morgan fingerprint density at radius 3 is 2.61 bits per heavy atom. The summed E-state index contributed by atoms with van der Waals surface area (Å²) in [5, 5.41) is 8.56. The maximum atomic E-state index is 12.5. The molecular formula is C15H18N2O5S. The minimum atomic E-state index is -1.23. The standard InChI is InChI=1S/C15H18N2O5S/c1-7(18)22-6-9-11(15(20)21)17-13(19)10(8-4-2-3-5-8)14(17)23-12(9)16/h12,14H,2-6,16H2,1H3,(H,20,21)/t12?,14-/m1/s1. The Morgan fingerprint density at radius 2 is 2.04 bits per heavy atom. The maximum absolute atomic E-state index is 12.5. The van der Waals surface area contributed by atoms with Crippen LogP contribution in [0.3, 0.4) is 0 Å². The number of carboxylic acids is 1. The second-order valence-electron chi connectivity index (χ2n) is 5.77. The number of aliphatic carboxylic acids is 1. The van der Waals surface area contributed by atoms with Gasteiger partial charge in [0, 0.05) is 18.1 Å². The number of nitrogens with zero attached hydrogens (tertiary/aromatic N) is 1. The third-order valence-electron chi connectivity index (χ3n) is 4.32. The van der Waals surface area contributed by atoms with Crippen LogP contribution >= 0.6 is 11.8 Å². The smallest absolute Gasteiger partial charge is 0.352 e. The number of hydrogen-bond acceptors (Lipinski definition) is 6. The molecule has 7 nitrogen and oxygen atoms in total. The molecule has 0 spiro atoms. The molecule has 2 fully saturated rings. The molecule has 1 unspecified atom stereocenters. The second-order valence-corrected chi connectivity index (χ2v) is 6.99. The lowest BCUT2D eigenvalue weighted by molar-refractivity contribution is -0.143. The van der Waals surface area contributed by atoms with Gasteiger partial charge in [-0.05, 0) is 25.7 Å². The van der Waals surface area contributed by atoms with E-state index in [1.807, 2.05) is 0 Å². The Morgan fingerprint density at radius 1 is 1.39 bits per heavy atom. The summed E-state index contributed by atoms with van der Waals surface area (Å²) in [5.74, 6) is -2.01. The first kappa shape index (κ1) is 16.1. The third kappa shape index (κ3) is 2.66. The number of hydrogen-bond donors (Lipinski definition) is 2. The highest BCUT2D eigenvalue weighted by Crippen LogP contribution is 2.48. The molecule has 1 amide bonds. The Kier molecular flexibility index (Phi) is 4.20. The number of thioether (sulfide) groups is 1. The highest BCUT2D eigenvalue weighted by Gasteiger charge is 2.52. The molecule has 2 aliphatic heterocycles. The summed E-state index contributed by atoms with van der Waals surface area (Å²) >= 11 is 1.33. The number of β-lactam (4-membered cyclic amide) rings is 1. The van der Waals surface area contributed by atoms with E-state index in [0.717, 1.165) is 31.3 Å². The van der Waals surface area contributed by atoms with Crippen molar-refractivity contribution in [2.45, 2.75) is 43.4 Å². The summed E-state index contributed by atoms with van der Waals surface area (Å²) in [5.41, 5.74) is 8.04. The zero-order valence-corrected chi connectivity index (χ0v) is 13.5. The quantitative estimate of drug-likeness (QED) is 0.448. The molecule has 0 aromatic carbocycles. The van der Waals surface area contributed by atoms with Crippen molar-refractivity contribution in [3.05, 3.63) is 22.4 Å². The van der Waals surface area contributed by atoms with Crippen LogP contribution in [-0.4, -0.2) is 45.2 Å². The normalized spacial score (nSPS) is 27.0. The summed E-state index contributed by atoms with van der Waals surface area (Å²) < 4.78 is 4.90. The van der Waals surface area contributed by atoms with E-state index in [9.17, 15) is 19.5 Å². The molecule has 8 heteroatoms. The molecular weight excluding hydrogens is 320 g/mol. The molecule has 3 N–H and O–H groups in total. The van der Waals surface area contributed by atoms with Crippen molar-refractivity contribution in [1.29, 1.82) is 0 Å². The van der Waals surface area contributed by atoms with Crippen LogP contribution in [0, 0.1) is 0 Å². The van der Waals surface area contributed by atoms with Crippen molar-refractivity contribution in [2.24, 2.45) is 5.73 Å². The van der Waals surface area contributed by atoms with Crippen molar-refractivity contribution in [2.75, 3.05) is 6.61 Å². The van der Waals surface area contributed by atoms with Gasteiger partial charge in [0.25, 0.3) is 5.91 Å². The summed E-state index contributed by atoms with van der Waals surface area (Å²) in [6.07, 6.45) is 3.92. The van der Waals surface area contributed by atoms with E-state index in [4.69, 9.17) is 10.5 Å². The Hall–Kier alpha value is -1.80. The molecule has 3 aliphatic rings. The fraction of sp³-hybridized carbons (Fsp3) is 0.533. The molecule has 3 rings (SSSR count). The highest BCUT2D eigenvalue weighted by molar-refractivity contribution is 8.01. The van der Waals surface area contributed by atoms with Crippen LogP contribution in [0.4, 0.5) is 0 Å². The topological polar surface area (TPSA) is 110 Å². The van der Waals surface area contributed by atoms with Gasteiger partial charge in [0.1, 0.15) is 17.7 Å². The van der Waals surface area contributed by atoms with Crippen molar-refractivity contribution in [1.82, 2.24) is 4.90 Å². The van der Waals surface area contributed by atoms with Gasteiger partial charge in [-0.25, -0.2) is 4.79 Å². The van der Waals surface area contributed by atoms with Gasteiger partial charge in [-0.15, -0.1) is 11.8 Å². The minimum Gasteiger partial charge on any atom is -0.477 e. The molecule has 0 aromatic rings. The summed E-state index contributed by atoms with van der Waals surface area (Å²) in [7, 11) is 0. The van der Waals surface area contributed by atoms with Gasteiger partial charge in [0.2, 0.25) is 0 Å². The summed E-state index contributed by atoms with van der Waals surface area (Å²) in [4.78, 5) is 36.4. The van der Waals surface area contributed by atoms with Crippen LogP contribution in [0.15, 0.2) is 22.4 Å². The van der Waals surface area contributed by atoms with E-state index in [-0.39, 0.29) is 29.2 Å². The molecule has 1 saturated heterocycles. The van der Waals surface area contributed by atoms with E-state index in [1.165, 1.54) is 23.6 Å². The maximum Gasteiger partial charge on any atom is 0.352 e. The Bertz CT molecular complexity index is 646. The number of carbonyl (C=O) groups excluding carboxylic acids is 2. The van der Waals surface area contributed by atoms with E-state index in [0.29, 0.717) is 5.57 Å². The average molecular weight is 338 g/mol. The number of esters is 1. The first-order valence-corrected chi connectivity index (χ1v) is 8.42. The molecule has 1 aliphatic carbocycles. The Balaban J connectivity index is 1.96. The van der Waals surface area contributed by atoms with Crippen LogP contribution in [0.2, 0.25) is 0 Å². The monoisotopic (exact) mass is 338 g/mol. The van der Waals surface area contributed by atoms with Gasteiger partial charge in [-0.1, -0.05) is 5.57 Å². The predicted octanol–water partition coefficient (Wildman–Crippen LogP) is 0.959. The van der Waals surface area contributed by atoms with Crippen molar-refractivity contribution < 1.29 is 24.2 Å².